The minimum absolute atomic E-state index is 0.572. The van der Waals surface area contributed by atoms with Gasteiger partial charge in [0.1, 0.15) is 0 Å². The second-order valence-corrected chi connectivity index (χ2v) is 9.10. The highest BCUT2D eigenvalue weighted by Gasteiger charge is 2.18. The summed E-state index contributed by atoms with van der Waals surface area (Å²) in [6, 6.07) is 24.7. The van der Waals surface area contributed by atoms with Crippen LogP contribution in [0, 0.1) is 13.8 Å². The molecule has 0 fully saturated rings. The van der Waals surface area contributed by atoms with Crippen molar-refractivity contribution in [3.05, 3.63) is 106 Å². The van der Waals surface area contributed by atoms with Crippen LogP contribution in [0.4, 0.5) is 0 Å². The van der Waals surface area contributed by atoms with E-state index in [9.17, 15) is 0 Å². The molecular formula is C31H34. The topological polar surface area (TPSA) is 0 Å². The van der Waals surface area contributed by atoms with Gasteiger partial charge in [-0.1, -0.05) is 86.2 Å². The van der Waals surface area contributed by atoms with Crippen LogP contribution in [0.2, 0.25) is 0 Å². The number of hydrogen-bond acceptors (Lipinski definition) is 0. The smallest absolute Gasteiger partial charge is 0.0146 e. The zero-order valence-corrected chi connectivity index (χ0v) is 19.6. The maximum atomic E-state index is 2.46. The van der Waals surface area contributed by atoms with Crippen molar-refractivity contribution in [2.45, 2.75) is 59.8 Å². The van der Waals surface area contributed by atoms with Gasteiger partial charge in [-0.3, -0.25) is 0 Å². The summed E-state index contributed by atoms with van der Waals surface area (Å²) in [6.07, 6.45) is 5.87. The van der Waals surface area contributed by atoms with Crippen molar-refractivity contribution in [2.24, 2.45) is 0 Å². The molecule has 1 unspecified atom stereocenters. The number of rotatable bonds is 5. The number of benzene rings is 3. The third kappa shape index (κ3) is 4.30. The Kier molecular flexibility index (Phi) is 6.28. The second kappa shape index (κ2) is 9.10. The monoisotopic (exact) mass is 406 g/mol. The molecule has 158 valence electrons. The molecule has 0 amide bonds. The normalized spacial score (nSPS) is 15.1. The molecular weight excluding hydrogens is 372 g/mol. The third-order valence-corrected chi connectivity index (χ3v) is 6.99. The Morgan fingerprint density at radius 2 is 1.42 bits per heavy atom. The Bertz CT molecular complexity index is 1160. The molecule has 0 aliphatic heterocycles. The Labute approximate surface area is 188 Å². The summed E-state index contributed by atoms with van der Waals surface area (Å²) in [6.45, 7) is 11.4. The van der Waals surface area contributed by atoms with Gasteiger partial charge in [-0.15, -0.1) is 0 Å². The minimum Gasteiger partial charge on any atom is -0.0651 e. The number of aryl methyl sites for hydroxylation is 2. The van der Waals surface area contributed by atoms with E-state index in [-0.39, 0.29) is 0 Å². The van der Waals surface area contributed by atoms with Crippen LogP contribution in [-0.4, -0.2) is 0 Å². The van der Waals surface area contributed by atoms with Crippen molar-refractivity contribution in [1.29, 1.82) is 0 Å². The first-order valence-corrected chi connectivity index (χ1v) is 11.7. The molecule has 31 heavy (non-hydrogen) atoms. The summed E-state index contributed by atoms with van der Waals surface area (Å²) in [4.78, 5) is 0. The molecule has 1 aliphatic rings. The third-order valence-electron chi connectivity index (χ3n) is 6.99. The van der Waals surface area contributed by atoms with Crippen LogP contribution in [0.5, 0.6) is 0 Å². The average molecular weight is 407 g/mol. The SMILES string of the molecule is CCC(C)c1ccccc1C1=C(C)CCC(c2ccc(C)c(-c3ccccc3C)c2)=C1. The first-order chi connectivity index (χ1) is 15.0. The summed E-state index contributed by atoms with van der Waals surface area (Å²) in [5, 5.41) is 0. The van der Waals surface area contributed by atoms with Crippen LogP contribution < -0.4 is 0 Å². The van der Waals surface area contributed by atoms with Crippen LogP contribution in [-0.2, 0) is 0 Å². The van der Waals surface area contributed by atoms with E-state index >= 15 is 0 Å². The van der Waals surface area contributed by atoms with Crippen molar-refractivity contribution >= 4 is 11.1 Å². The largest absolute Gasteiger partial charge is 0.0651 e. The van der Waals surface area contributed by atoms with Gasteiger partial charge in [-0.25, -0.2) is 0 Å². The quantitative estimate of drug-likeness (QED) is 0.396. The van der Waals surface area contributed by atoms with Gasteiger partial charge in [0.15, 0.2) is 0 Å². The van der Waals surface area contributed by atoms with Gasteiger partial charge in [0.2, 0.25) is 0 Å². The standard InChI is InChI=1S/C31H34/c1-6-21(2)27-12-9-10-14-29(27)31-20-26(18-16-24(31)5)25-17-15-23(4)30(19-25)28-13-8-7-11-22(28)3/h7-15,17,19-21H,6,16,18H2,1-5H3. The zero-order valence-electron chi connectivity index (χ0n) is 19.6. The lowest BCUT2D eigenvalue weighted by Crippen LogP contribution is -2.02. The van der Waals surface area contributed by atoms with Gasteiger partial charge in [-0.05, 0) is 102 Å². The molecule has 0 saturated carbocycles. The van der Waals surface area contributed by atoms with E-state index in [0.29, 0.717) is 5.92 Å². The molecule has 3 aromatic carbocycles. The van der Waals surface area contributed by atoms with Crippen LogP contribution in [0.3, 0.4) is 0 Å². The second-order valence-electron chi connectivity index (χ2n) is 9.10. The molecule has 0 heterocycles. The number of hydrogen-bond donors (Lipinski definition) is 0. The van der Waals surface area contributed by atoms with Crippen molar-refractivity contribution in [3.63, 3.8) is 0 Å². The Morgan fingerprint density at radius 3 is 2.16 bits per heavy atom. The predicted molar refractivity (Wildman–Crippen MR) is 136 cm³/mol. The Hall–Kier alpha value is -2.86. The molecule has 0 aromatic heterocycles. The van der Waals surface area contributed by atoms with E-state index in [1.165, 1.54) is 55.7 Å². The fourth-order valence-electron chi connectivity index (χ4n) is 4.74. The van der Waals surface area contributed by atoms with E-state index in [1.807, 2.05) is 0 Å². The van der Waals surface area contributed by atoms with E-state index in [0.717, 1.165) is 19.3 Å². The molecule has 4 rings (SSSR count). The molecule has 0 nitrogen and oxygen atoms in total. The minimum atomic E-state index is 0.572. The van der Waals surface area contributed by atoms with E-state index < -0.39 is 0 Å². The molecule has 3 aromatic rings. The lowest BCUT2D eigenvalue weighted by atomic mass is 9.82. The van der Waals surface area contributed by atoms with E-state index in [4.69, 9.17) is 0 Å². The van der Waals surface area contributed by atoms with E-state index in [1.54, 1.807) is 0 Å². The summed E-state index contributed by atoms with van der Waals surface area (Å²) >= 11 is 0. The predicted octanol–water partition coefficient (Wildman–Crippen LogP) is 9.13. The maximum absolute atomic E-state index is 2.46. The zero-order chi connectivity index (χ0) is 22.0. The van der Waals surface area contributed by atoms with Crippen molar-refractivity contribution in [1.82, 2.24) is 0 Å². The Morgan fingerprint density at radius 1 is 0.742 bits per heavy atom. The van der Waals surface area contributed by atoms with Gasteiger partial charge < -0.3 is 0 Å². The molecule has 0 heteroatoms. The van der Waals surface area contributed by atoms with Gasteiger partial charge >= 0.3 is 0 Å². The highest BCUT2D eigenvalue weighted by atomic mass is 14.2. The first-order valence-electron chi connectivity index (χ1n) is 11.7. The maximum Gasteiger partial charge on any atom is -0.0146 e. The molecule has 0 N–H and O–H groups in total. The van der Waals surface area contributed by atoms with Crippen LogP contribution in [0.15, 0.2) is 78.4 Å². The van der Waals surface area contributed by atoms with Gasteiger partial charge in [0.05, 0.1) is 0 Å². The van der Waals surface area contributed by atoms with Gasteiger partial charge in [-0.2, -0.15) is 0 Å². The summed E-state index contributed by atoms with van der Waals surface area (Å²) in [5.41, 5.74) is 14.0. The molecule has 0 bridgehead atoms. The highest BCUT2D eigenvalue weighted by molar-refractivity contribution is 5.89. The fraction of sp³-hybridized carbons (Fsp3) is 0.290. The highest BCUT2D eigenvalue weighted by Crippen LogP contribution is 2.39. The number of allylic oxidation sites excluding steroid dienone is 4. The van der Waals surface area contributed by atoms with Crippen molar-refractivity contribution in [2.75, 3.05) is 0 Å². The summed E-state index contributed by atoms with van der Waals surface area (Å²) in [7, 11) is 0. The Balaban J connectivity index is 1.79. The van der Waals surface area contributed by atoms with Crippen LogP contribution in [0.25, 0.3) is 22.3 Å². The molecule has 1 atom stereocenters. The van der Waals surface area contributed by atoms with Crippen LogP contribution in [0.1, 0.15) is 73.8 Å². The molecule has 1 aliphatic carbocycles. The van der Waals surface area contributed by atoms with E-state index in [2.05, 4.69) is 107 Å². The molecule has 0 saturated heterocycles. The van der Waals surface area contributed by atoms with Gasteiger partial charge in [0, 0.05) is 0 Å². The lowest BCUT2D eigenvalue weighted by molar-refractivity contribution is 0.731. The van der Waals surface area contributed by atoms with Crippen LogP contribution >= 0.6 is 0 Å². The summed E-state index contributed by atoms with van der Waals surface area (Å²) in [5.74, 6) is 0.572. The molecule has 0 radical (unpaired) electrons. The van der Waals surface area contributed by atoms with Crippen molar-refractivity contribution in [3.8, 4) is 11.1 Å². The van der Waals surface area contributed by atoms with Gasteiger partial charge in [0.25, 0.3) is 0 Å². The fourth-order valence-corrected chi connectivity index (χ4v) is 4.74. The summed E-state index contributed by atoms with van der Waals surface area (Å²) < 4.78 is 0. The molecule has 0 spiro atoms. The van der Waals surface area contributed by atoms with Crippen molar-refractivity contribution < 1.29 is 0 Å². The first kappa shape index (κ1) is 21.4. The average Bonchev–Trinajstić information content (AvgIpc) is 2.80. The lowest BCUT2D eigenvalue weighted by Gasteiger charge is -2.23.